The first kappa shape index (κ1) is 13.5. The molecule has 2 heterocycles. The minimum absolute atomic E-state index is 0.145. The summed E-state index contributed by atoms with van der Waals surface area (Å²) in [6.07, 6.45) is 4.03. The third kappa shape index (κ3) is 3.53. The third-order valence-corrected chi connectivity index (χ3v) is 3.64. The Bertz CT molecular complexity index is 401. The topological polar surface area (TPSA) is 45.2 Å². The molecule has 1 aromatic rings. The average molecular weight is 312 g/mol. The molecule has 1 fully saturated rings. The Morgan fingerprint density at radius 2 is 2.22 bits per heavy atom. The Balaban J connectivity index is 1.82. The molecule has 0 saturated carbocycles. The normalized spacial score (nSPS) is 16.9. The quantitative estimate of drug-likeness (QED) is 0.924. The van der Waals surface area contributed by atoms with Crippen LogP contribution >= 0.6 is 15.9 Å². The predicted octanol–water partition coefficient (Wildman–Crippen LogP) is 1.94. The number of hydrogen-bond acceptors (Lipinski definition) is 3. The van der Waals surface area contributed by atoms with Crippen LogP contribution in [0.25, 0.3) is 0 Å². The molecule has 1 unspecified atom stereocenters. The SMILES string of the molecule is CC(NCc1ccc(Br)cn1)C(=O)N1CCCC1. The number of amides is 1. The van der Waals surface area contributed by atoms with E-state index in [4.69, 9.17) is 0 Å². The van der Waals surface area contributed by atoms with Gasteiger partial charge in [0, 0.05) is 30.3 Å². The van der Waals surface area contributed by atoms with E-state index in [1.54, 1.807) is 6.20 Å². The van der Waals surface area contributed by atoms with Gasteiger partial charge in [-0.3, -0.25) is 9.78 Å². The maximum absolute atomic E-state index is 12.1. The number of halogens is 1. The lowest BCUT2D eigenvalue weighted by Gasteiger charge is -2.21. The second-order valence-corrected chi connectivity index (χ2v) is 5.52. The van der Waals surface area contributed by atoms with Crippen molar-refractivity contribution in [2.45, 2.75) is 32.4 Å². The Morgan fingerprint density at radius 3 is 2.83 bits per heavy atom. The van der Waals surface area contributed by atoms with Crippen LogP contribution in [-0.2, 0) is 11.3 Å². The summed E-state index contributed by atoms with van der Waals surface area (Å²) in [5, 5.41) is 3.23. The van der Waals surface area contributed by atoms with Gasteiger partial charge in [0.15, 0.2) is 0 Å². The number of nitrogens with one attached hydrogen (secondary N) is 1. The van der Waals surface area contributed by atoms with E-state index in [0.717, 1.165) is 36.1 Å². The minimum atomic E-state index is -0.145. The van der Waals surface area contributed by atoms with Crippen LogP contribution in [0.15, 0.2) is 22.8 Å². The molecule has 2 rings (SSSR count). The number of hydrogen-bond donors (Lipinski definition) is 1. The third-order valence-electron chi connectivity index (χ3n) is 3.17. The number of likely N-dealkylation sites (tertiary alicyclic amines) is 1. The van der Waals surface area contributed by atoms with E-state index < -0.39 is 0 Å². The van der Waals surface area contributed by atoms with Crippen molar-refractivity contribution in [1.82, 2.24) is 15.2 Å². The van der Waals surface area contributed by atoms with Gasteiger partial charge in [-0.15, -0.1) is 0 Å². The van der Waals surface area contributed by atoms with Crippen molar-refractivity contribution in [1.29, 1.82) is 0 Å². The van der Waals surface area contributed by atoms with Crippen LogP contribution in [0.5, 0.6) is 0 Å². The fourth-order valence-corrected chi connectivity index (χ4v) is 2.30. The zero-order chi connectivity index (χ0) is 13.0. The summed E-state index contributed by atoms with van der Waals surface area (Å²) in [4.78, 5) is 18.3. The molecule has 4 nitrogen and oxygen atoms in total. The van der Waals surface area contributed by atoms with Crippen molar-refractivity contribution < 1.29 is 4.79 Å². The Kier molecular flexibility index (Phi) is 4.72. The molecule has 5 heteroatoms. The second-order valence-electron chi connectivity index (χ2n) is 4.60. The summed E-state index contributed by atoms with van der Waals surface area (Å²) in [6.45, 7) is 4.34. The van der Waals surface area contributed by atoms with E-state index in [9.17, 15) is 4.79 Å². The molecule has 0 aliphatic carbocycles. The zero-order valence-electron chi connectivity index (χ0n) is 10.5. The smallest absolute Gasteiger partial charge is 0.239 e. The maximum Gasteiger partial charge on any atom is 0.239 e. The van der Waals surface area contributed by atoms with Crippen molar-refractivity contribution in [3.8, 4) is 0 Å². The monoisotopic (exact) mass is 311 g/mol. The van der Waals surface area contributed by atoms with Gasteiger partial charge in [0.05, 0.1) is 11.7 Å². The molecule has 0 spiro atoms. The van der Waals surface area contributed by atoms with Crippen LogP contribution in [0.4, 0.5) is 0 Å². The lowest BCUT2D eigenvalue weighted by molar-refractivity contribution is -0.131. The number of carbonyl (C=O) groups is 1. The van der Waals surface area contributed by atoms with Gasteiger partial charge in [-0.05, 0) is 47.8 Å². The van der Waals surface area contributed by atoms with Crippen LogP contribution in [-0.4, -0.2) is 34.9 Å². The minimum Gasteiger partial charge on any atom is -0.341 e. The first-order valence-corrected chi connectivity index (χ1v) is 7.09. The summed E-state index contributed by atoms with van der Waals surface area (Å²) in [5.74, 6) is 0.199. The summed E-state index contributed by atoms with van der Waals surface area (Å²) < 4.78 is 0.965. The van der Waals surface area contributed by atoms with Crippen LogP contribution in [0.1, 0.15) is 25.5 Å². The Morgan fingerprint density at radius 1 is 1.50 bits per heavy atom. The van der Waals surface area contributed by atoms with E-state index >= 15 is 0 Å². The maximum atomic E-state index is 12.1. The molecule has 1 atom stereocenters. The largest absolute Gasteiger partial charge is 0.341 e. The van der Waals surface area contributed by atoms with E-state index in [1.807, 2.05) is 24.0 Å². The molecular formula is C13H18BrN3O. The Hall–Kier alpha value is -0.940. The van der Waals surface area contributed by atoms with Crippen LogP contribution < -0.4 is 5.32 Å². The van der Waals surface area contributed by atoms with Gasteiger partial charge in [-0.2, -0.15) is 0 Å². The van der Waals surface area contributed by atoms with Crippen molar-refractivity contribution in [3.05, 3.63) is 28.5 Å². The number of carbonyl (C=O) groups excluding carboxylic acids is 1. The summed E-state index contributed by atoms with van der Waals surface area (Å²) >= 11 is 3.35. The molecule has 1 saturated heterocycles. The highest BCUT2D eigenvalue weighted by atomic mass is 79.9. The lowest BCUT2D eigenvalue weighted by Crippen LogP contribution is -2.43. The second kappa shape index (κ2) is 6.29. The van der Waals surface area contributed by atoms with Crippen LogP contribution in [0.2, 0.25) is 0 Å². The van der Waals surface area contributed by atoms with E-state index in [1.165, 1.54) is 0 Å². The molecule has 0 bridgehead atoms. The molecule has 1 aliphatic heterocycles. The lowest BCUT2D eigenvalue weighted by atomic mass is 10.2. The Labute approximate surface area is 116 Å². The standard InChI is InChI=1S/C13H18BrN3O/c1-10(13(18)17-6-2-3-7-17)15-9-12-5-4-11(14)8-16-12/h4-5,8,10,15H,2-3,6-7,9H2,1H3. The summed E-state index contributed by atoms with van der Waals surface area (Å²) in [6, 6.07) is 3.76. The van der Waals surface area contributed by atoms with Gasteiger partial charge in [-0.1, -0.05) is 0 Å². The summed E-state index contributed by atoms with van der Waals surface area (Å²) in [5.41, 5.74) is 0.944. The first-order chi connectivity index (χ1) is 8.66. The molecule has 18 heavy (non-hydrogen) atoms. The molecule has 1 N–H and O–H groups in total. The van der Waals surface area contributed by atoms with E-state index in [2.05, 4.69) is 26.2 Å². The van der Waals surface area contributed by atoms with Gasteiger partial charge in [-0.25, -0.2) is 0 Å². The van der Waals surface area contributed by atoms with Crippen molar-refractivity contribution in [2.75, 3.05) is 13.1 Å². The summed E-state index contributed by atoms with van der Waals surface area (Å²) in [7, 11) is 0. The van der Waals surface area contributed by atoms with Gasteiger partial charge in [0.25, 0.3) is 0 Å². The van der Waals surface area contributed by atoms with Gasteiger partial charge in [0.1, 0.15) is 0 Å². The first-order valence-electron chi connectivity index (χ1n) is 6.29. The average Bonchev–Trinajstić information content (AvgIpc) is 2.90. The number of aromatic nitrogens is 1. The molecular weight excluding hydrogens is 294 g/mol. The fourth-order valence-electron chi connectivity index (χ4n) is 2.07. The highest BCUT2D eigenvalue weighted by Gasteiger charge is 2.22. The van der Waals surface area contributed by atoms with Crippen molar-refractivity contribution in [3.63, 3.8) is 0 Å². The molecule has 0 radical (unpaired) electrons. The van der Waals surface area contributed by atoms with Crippen LogP contribution in [0, 0.1) is 0 Å². The predicted molar refractivity (Wildman–Crippen MR) is 74.1 cm³/mol. The molecule has 1 aliphatic rings. The molecule has 98 valence electrons. The highest BCUT2D eigenvalue weighted by molar-refractivity contribution is 9.10. The molecule has 1 aromatic heterocycles. The van der Waals surface area contributed by atoms with Gasteiger partial charge >= 0.3 is 0 Å². The highest BCUT2D eigenvalue weighted by Crippen LogP contribution is 2.10. The van der Waals surface area contributed by atoms with Gasteiger partial charge < -0.3 is 10.2 Å². The molecule has 1 amide bonds. The number of pyridine rings is 1. The number of rotatable bonds is 4. The molecule has 0 aromatic carbocycles. The number of nitrogens with zero attached hydrogens (tertiary/aromatic N) is 2. The fraction of sp³-hybridized carbons (Fsp3) is 0.538. The van der Waals surface area contributed by atoms with E-state index in [-0.39, 0.29) is 11.9 Å². The van der Waals surface area contributed by atoms with Crippen molar-refractivity contribution in [2.24, 2.45) is 0 Å². The van der Waals surface area contributed by atoms with Gasteiger partial charge in [0.2, 0.25) is 5.91 Å². The van der Waals surface area contributed by atoms with Crippen LogP contribution in [0.3, 0.4) is 0 Å². The van der Waals surface area contributed by atoms with Crippen molar-refractivity contribution >= 4 is 21.8 Å². The van der Waals surface area contributed by atoms with E-state index in [0.29, 0.717) is 6.54 Å². The zero-order valence-corrected chi connectivity index (χ0v) is 12.1.